The molecule has 0 bridgehead atoms. The fraction of sp³-hybridized carbons (Fsp3) is 0.133. The number of para-hydroxylation sites is 1. The Morgan fingerprint density at radius 2 is 1.40 bits per heavy atom. The number of alkyl halides is 3. The van der Waals surface area contributed by atoms with E-state index in [1.54, 1.807) is 24.3 Å². The maximum absolute atomic E-state index is 13.1. The Balaban J connectivity index is 2.26. The first-order chi connectivity index (χ1) is 9.48. The first-order valence-electron chi connectivity index (χ1n) is 5.87. The van der Waals surface area contributed by atoms with Gasteiger partial charge in [-0.1, -0.05) is 48.5 Å². The first-order valence-corrected chi connectivity index (χ1v) is 5.87. The molecule has 5 heteroatoms. The lowest BCUT2D eigenvalue weighted by Gasteiger charge is -2.19. The number of benzene rings is 2. The molecule has 2 aromatic carbocycles. The second kappa shape index (κ2) is 5.77. The SMILES string of the molecule is O=C(Oc1ccccc1)C(c1ccccc1)C(F)(F)F. The summed E-state index contributed by atoms with van der Waals surface area (Å²) in [5.74, 6) is -3.54. The van der Waals surface area contributed by atoms with Gasteiger partial charge in [-0.15, -0.1) is 0 Å². The topological polar surface area (TPSA) is 26.3 Å². The highest BCUT2D eigenvalue weighted by Gasteiger charge is 2.47. The van der Waals surface area contributed by atoms with Gasteiger partial charge in [0.1, 0.15) is 5.75 Å². The van der Waals surface area contributed by atoms with Crippen molar-refractivity contribution in [3.05, 3.63) is 66.2 Å². The average Bonchev–Trinajstić information content (AvgIpc) is 2.39. The Morgan fingerprint density at radius 1 is 0.900 bits per heavy atom. The highest BCUT2D eigenvalue weighted by molar-refractivity contribution is 5.81. The molecule has 1 atom stereocenters. The Kier molecular flexibility index (Phi) is 4.08. The number of rotatable bonds is 3. The van der Waals surface area contributed by atoms with E-state index >= 15 is 0 Å². The van der Waals surface area contributed by atoms with Gasteiger partial charge in [0.2, 0.25) is 0 Å². The van der Waals surface area contributed by atoms with Crippen LogP contribution in [-0.4, -0.2) is 12.1 Å². The molecular formula is C15H11F3O2. The van der Waals surface area contributed by atoms with E-state index in [9.17, 15) is 18.0 Å². The quantitative estimate of drug-likeness (QED) is 0.629. The van der Waals surface area contributed by atoms with E-state index in [0.29, 0.717) is 0 Å². The van der Waals surface area contributed by atoms with Gasteiger partial charge in [-0.25, -0.2) is 0 Å². The van der Waals surface area contributed by atoms with Crippen molar-refractivity contribution in [2.75, 3.05) is 0 Å². The van der Waals surface area contributed by atoms with Crippen molar-refractivity contribution in [3.8, 4) is 5.75 Å². The molecule has 20 heavy (non-hydrogen) atoms. The zero-order valence-corrected chi connectivity index (χ0v) is 10.3. The van der Waals surface area contributed by atoms with Crippen LogP contribution in [0, 0.1) is 0 Å². The summed E-state index contributed by atoms with van der Waals surface area (Å²) in [5.41, 5.74) is -0.138. The summed E-state index contributed by atoms with van der Waals surface area (Å²) in [6.07, 6.45) is -4.70. The molecule has 0 amide bonds. The number of hydrogen-bond acceptors (Lipinski definition) is 2. The molecule has 1 unspecified atom stereocenters. The Labute approximate surface area is 113 Å². The lowest BCUT2D eigenvalue weighted by atomic mass is 9.99. The zero-order valence-electron chi connectivity index (χ0n) is 10.3. The van der Waals surface area contributed by atoms with Crippen molar-refractivity contribution in [2.24, 2.45) is 0 Å². The number of carbonyl (C=O) groups is 1. The van der Waals surface area contributed by atoms with Gasteiger partial charge < -0.3 is 4.74 Å². The average molecular weight is 280 g/mol. The second-order valence-corrected chi connectivity index (χ2v) is 4.12. The molecule has 2 aromatic rings. The molecule has 0 N–H and O–H groups in total. The Hall–Kier alpha value is -2.30. The van der Waals surface area contributed by atoms with Crippen molar-refractivity contribution < 1.29 is 22.7 Å². The highest BCUT2D eigenvalue weighted by Crippen LogP contribution is 2.36. The van der Waals surface area contributed by atoms with E-state index < -0.39 is 18.1 Å². The van der Waals surface area contributed by atoms with Crippen LogP contribution in [0.2, 0.25) is 0 Å². The molecule has 0 fully saturated rings. The molecule has 0 spiro atoms. The van der Waals surface area contributed by atoms with E-state index in [1.165, 1.54) is 36.4 Å². The van der Waals surface area contributed by atoms with Gasteiger partial charge in [0.05, 0.1) is 0 Å². The summed E-state index contributed by atoms with van der Waals surface area (Å²) in [6.45, 7) is 0. The fourth-order valence-electron chi connectivity index (χ4n) is 1.77. The second-order valence-electron chi connectivity index (χ2n) is 4.12. The standard InChI is InChI=1S/C15H11F3O2/c16-15(17,18)13(11-7-3-1-4-8-11)14(19)20-12-9-5-2-6-10-12/h1-10,13H. The lowest BCUT2D eigenvalue weighted by molar-refractivity contribution is -0.174. The van der Waals surface area contributed by atoms with Crippen molar-refractivity contribution in [1.29, 1.82) is 0 Å². The maximum Gasteiger partial charge on any atom is 0.406 e. The zero-order chi connectivity index (χ0) is 14.6. The third kappa shape index (κ3) is 3.38. The van der Waals surface area contributed by atoms with Crippen LogP contribution in [-0.2, 0) is 4.79 Å². The van der Waals surface area contributed by atoms with Crippen molar-refractivity contribution >= 4 is 5.97 Å². The molecule has 0 radical (unpaired) electrons. The van der Waals surface area contributed by atoms with Crippen LogP contribution >= 0.6 is 0 Å². The number of halogens is 3. The molecule has 0 aliphatic heterocycles. The molecule has 0 saturated carbocycles. The summed E-state index contributed by atoms with van der Waals surface area (Å²) in [5, 5.41) is 0. The minimum Gasteiger partial charge on any atom is -0.426 e. The fourth-order valence-corrected chi connectivity index (χ4v) is 1.77. The summed E-state index contributed by atoms with van der Waals surface area (Å²) >= 11 is 0. The smallest absolute Gasteiger partial charge is 0.406 e. The number of ether oxygens (including phenoxy) is 1. The van der Waals surface area contributed by atoms with Crippen LogP contribution in [0.1, 0.15) is 11.5 Å². The summed E-state index contributed by atoms with van der Waals surface area (Å²) in [7, 11) is 0. The van der Waals surface area contributed by atoms with Gasteiger partial charge in [0, 0.05) is 0 Å². The van der Waals surface area contributed by atoms with E-state index in [2.05, 4.69) is 0 Å². The predicted molar refractivity (Wildman–Crippen MR) is 67.3 cm³/mol. The number of esters is 1. The van der Waals surface area contributed by atoms with Crippen LogP contribution in [0.25, 0.3) is 0 Å². The molecule has 104 valence electrons. The molecular weight excluding hydrogens is 269 g/mol. The van der Waals surface area contributed by atoms with Gasteiger partial charge in [0.15, 0.2) is 5.92 Å². The number of carbonyl (C=O) groups excluding carboxylic acids is 1. The molecule has 2 rings (SSSR count). The van der Waals surface area contributed by atoms with Gasteiger partial charge in [-0.2, -0.15) is 13.2 Å². The maximum atomic E-state index is 13.1. The normalized spacial score (nSPS) is 12.8. The first kappa shape index (κ1) is 14.1. The minimum atomic E-state index is -4.70. The van der Waals surface area contributed by atoms with Crippen LogP contribution in [0.4, 0.5) is 13.2 Å². The third-order valence-corrected chi connectivity index (χ3v) is 2.66. The van der Waals surface area contributed by atoms with Crippen molar-refractivity contribution in [2.45, 2.75) is 12.1 Å². The third-order valence-electron chi connectivity index (χ3n) is 2.66. The van der Waals surface area contributed by atoms with Crippen molar-refractivity contribution in [1.82, 2.24) is 0 Å². The number of hydrogen-bond donors (Lipinski definition) is 0. The molecule has 0 aromatic heterocycles. The lowest BCUT2D eigenvalue weighted by Crippen LogP contribution is -2.31. The van der Waals surface area contributed by atoms with Gasteiger partial charge in [-0.05, 0) is 17.7 Å². The largest absolute Gasteiger partial charge is 0.426 e. The van der Waals surface area contributed by atoms with Crippen LogP contribution < -0.4 is 4.74 Å². The van der Waals surface area contributed by atoms with E-state index in [0.717, 1.165) is 0 Å². The van der Waals surface area contributed by atoms with E-state index in [-0.39, 0.29) is 11.3 Å². The summed E-state index contributed by atoms with van der Waals surface area (Å²) < 4.78 is 44.0. The van der Waals surface area contributed by atoms with Gasteiger partial charge >= 0.3 is 12.1 Å². The summed E-state index contributed by atoms with van der Waals surface area (Å²) in [6, 6.07) is 14.7. The van der Waals surface area contributed by atoms with Gasteiger partial charge in [-0.3, -0.25) is 4.79 Å². The predicted octanol–water partition coefficient (Wildman–Crippen LogP) is 3.94. The molecule has 2 nitrogen and oxygen atoms in total. The molecule has 0 aliphatic rings. The van der Waals surface area contributed by atoms with Crippen molar-refractivity contribution in [3.63, 3.8) is 0 Å². The molecule has 0 saturated heterocycles. The molecule has 0 aliphatic carbocycles. The molecule has 0 heterocycles. The van der Waals surface area contributed by atoms with Crippen LogP contribution in [0.15, 0.2) is 60.7 Å². The van der Waals surface area contributed by atoms with E-state index in [1.807, 2.05) is 0 Å². The van der Waals surface area contributed by atoms with Crippen LogP contribution in [0.5, 0.6) is 5.75 Å². The Bertz CT molecular complexity index is 565. The van der Waals surface area contributed by atoms with E-state index in [4.69, 9.17) is 4.74 Å². The summed E-state index contributed by atoms with van der Waals surface area (Å²) in [4.78, 5) is 11.8. The Morgan fingerprint density at radius 3 is 1.90 bits per heavy atom. The monoisotopic (exact) mass is 280 g/mol. The van der Waals surface area contributed by atoms with Gasteiger partial charge in [0.25, 0.3) is 0 Å². The minimum absolute atomic E-state index is 0.0858. The highest BCUT2D eigenvalue weighted by atomic mass is 19.4. The van der Waals surface area contributed by atoms with Crippen LogP contribution in [0.3, 0.4) is 0 Å².